The quantitative estimate of drug-likeness (QED) is 0.847. The van der Waals surface area contributed by atoms with Crippen LogP contribution >= 0.6 is 11.9 Å². The summed E-state index contributed by atoms with van der Waals surface area (Å²) in [5, 5.41) is 9.78. The van der Waals surface area contributed by atoms with Gasteiger partial charge in [-0.05, 0) is 49.6 Å². The lowest BCUT2D eigenvalue weighted by atomic mass is 9.95. The van der Waals surface area contributed by atoms with E-state index in [-0.39, 0.29) is 17.6 Å². The van der Waals surface area contributed by atoms with Gasteiger partial charge >= 0.3 is 5.97 Å². The molecule has 0 unspecified atom stereocenters. The lowest BCUT2D eigenvalue weighted by Gasteiger charge is -2.34. The summed E-state index contributed by atoms with van der Waals surface area (Å²) < 4.78 is 15.1. The summed E-state index contributed by atoms with van der Waals surface area (Å²) in [4.78, 5) is 12.9. The maximum atomic E-state index is 13.3. The topological polar surface area (TPSA) is 40.5 Å². The first-order chi connectivity index (χ1) is 11.0. The summed E-state index contributed by atoms with van der Waals surface area (Å²) in [6.45, 7) is 3.90. The Morgan fingerprint density at radius 2 is 1.78 bits per heavy atom. The van der Waals surface area contributed by atoms with Gasteiger partial charge in [0.25, 0.3) is 0 Å². The van der Waals surface area contributed by atoms with Gasteiger partial charge in [-0.2, -0.15) is 0 Å². The van der Waals surface area contributed by atoms with Crippen molar-refractivity contribution in [3.8, 4) is 0 Å². The highest BCUT2D eigenvalue weighted by molar-refractivity contribution is 7.97. The maximum Gasteiger partial charge on any atom is 0.353 e. The molecule has 1 heterocycles. The Balaban J connectivity index is 2.31. The lowest BCUT2D eigenvalue weighted by molar-refractivity contribution is -0.133. The van der Waals surface area contributed by atoms with Crippen molar-refractivity contribution >= 4 is 23.5 Å². The number of halogens is 1. The molecule has 2 aromatic carbocycles. The molecule has 1 N–H and O–H groups in total. The van der Waals surface area contributed by atoms with Crippen molar-refractivity contribution in [1.82, 2.24) is 4.31 Å². The molecule has 3 nitrogen and oxygen atoms in total. The molecule has 3 rings (SSSR count). The van der Waals surface area contributed by atoms with Gasteiger partial charge in [0, 0.05) is 22.1 Å². The second-order valence-electron chi connectivity index (χ2n) is 5.54. The van der Waals surface area contributed by atoms with Crippen molar-refractivity contribution in [1.29, 1.82) is 0 Å². The summed E-state index contributed by atoms with van der Waals surface area (Å²) in [6.07, 6.45) is 0. The summed E-state index contributed by atoms with van der Waals surface area (Å²) in [7, 11) is 0. The number of benzene rings is 2. The number of carboxylic acids is 1. The van der Waals surface area contributed by atoms with E-state index < -0.39 is 5.97 Å². The van der Waals surface area contributed by atoms with Crippen LogP contribution in [0.4, 0.5) is 4.39 Å². The first-order valence-corrected chi connectivity index (χ1v) is 8.06. The highest BCUT2D eigenvalue weighted by Crippen LogP contribution is 2.44. The fourth-order valence-electron chi connectivity index (χ4n) is 2.62. The van der Waals surface area contributed by atoms with Gasteiger partial charge in [-0.25, -0.2) is 9.18 Å². The van der Waals surface area contributed by atoms with Crippen LogP contribution in [0.5, 0.6) is 0 Å². The van der Waals surface area contributed by atoms with E-state index in [0.29, 0.717) is 11.1 Å². The van der Waals surface area contributed by atoms with Gasteiger partial charge in [-0.15, -0.1) is 0 Å². The Morgan fingerprint density at radius 1 is 1.13 bits per heavy atom. The molecule has 0 amide bonds. The van der Waals surface area contributed by atoms with Gasteiger partial charge < -0.3 is 9.41 Å². The third-order valence-electron chi connectivity index (χ3n) is 3.61. The molecule has 0 aliphatic carbocycles. The summed E-state index contributed by atoms with van der Waals surface area (Å²) in [6, 6.07) is 13.6. The first kappa shape index (κ1) is 15.6. The fourth-order valence-corrected chi connectivity index (χ4v) is 3.71. The second-order valence-corrected chi connectivity index (χ2v) is 6.56. The van der Waals surface area contributed by atoms with Crippen molar-refractivity contribution in [3.05, 3.63) is 71.2 Å². The normalized spacial score (nSPS) is 14.2. The second kappa shape index (κ2) is 6.08. The number of rotatable bonds is 3. The van der Waals surface area contributed by atoms with Crippen molar-refractivity contribution in [2.75, 3.05) is 0 Å². The molecule has 2 aromatic rings. The van der Waals surface area contributed by atoms with E-state index in [1.807, 2.05) is 38.1 Å². The van der Waals surface area contributed by atoms with Gasteiger partial charge in [0.1, 0.15) is 11.5 Å². The molecule has 0 saturated heterocycles. The van der Waals surface area contributed by atoms with Crippen LogP contribution in [0.2, 0.25) is 0 Å². The van der Waals surface area contributed by atoms with Crippen molar-refractivity contribution in [2.45, 2.75) is 24.8 Å². The minimum Gasteiger partial charge on any atom is -0.477 e. The Labute approximate surface area is 138 Å². The summed E-state index contributed by atoms with van der Waals surface area (Å²) in [5.41, 5.74) is 2.41. The number of nitrogens with zero attached hydrogens (tertiary/aromatic N) is 1. The van der Waals surface area contributed by atoms with Crippen LogP contribution in [0.1, 0.15) is 25.0 Å². The Bertz CT molecular complexity index is 784. The lowest BCUT2D eigenvalue weighted by Crippen LogP contribution is -2.31. The largest absolute Gasteiger partial charge is 0.477 e. The van der Waals surface area contributed by atoms with Crippen LogP contribution in [-0.4, -0.2) is 21.4 Å². The molecule has 1 aliphatic heterocycles. The van der Waals surface area contributed by atoms with Gasteiger partial charge in [-0.1, -0.05) is 30.3 Å². The smallest absolute Gasteiger partial charge is 0.353 e. The van der Waals surface area contributed by atoms with Crippen molar-refractivity contribution in [2.24, 2.45) is 0 Å². The minimum atomic E-state index is -0.986. The van der Waals surface area contributed by atoms with E-state index in [1.165, 1.54) is 24.1 Å². The molecule has 0 aromatic heterocycles. The highest BCUT2D eigenvalue weighted by atomic mass is 32.2. The predicted molar refractivity (Wildman–Crippen MR) is 89.3 cm³/mol. The first-order valence-electron chi connectivity index (χ1n) is 7.29. The van der Waals surface area contributed by atoms with E-state index >= 15 is 0 Å². The average molecular weight is 329 g/mol. The van der Waals surface area contributed by atoms with Gasteiger partial charge in [0.05, 0.1) is 0 Å². The van der Waals surface area contributed by atoms with E-state index in [4.69, 9.17) is 0 Å². The van der Waals surface area contributed by atoms with Crippen LogP contribution in [0.25, 0.3) is 5.57 Å². The number of carbonyl (C=O) groups is 1. The zero-order valence-electron chi connectivity index (χ0n) is 12.8. The van der Waals surface area contributed by atoms with E-state index in [1.54, 1.807) is 16.4 Å². The number of carboxylic acid groups (broad SMARTS) is 1. The van der Waals surface area contributed by atoms with Crippen molar-refractivity contribution < 1.29 is 14.3 Å². The van der Waals surface area contributed by atoms with Gasteiger partial charge in [0.2, 0.25) is 0 Å². The van der Waals surface area contributed by atoms with Crippen LogP contribution in [0.15, 0.2) is 59.1 Å². The number of aliphatic carboxylic acids is 1. The fraction of sp³-hybridized carbons (Fsp3) is 0.167. The van der Waals surface area contributed by atoms with E-state index in [0.717, 1.165) is 10.5 Å². The average Bonchev–Trinajstić information content (AvgIpc) is 2.53. The zero-order valence-corrected chi connectivity index (χ0v) is 13.6. The molecule has 1 aliphatic rings. The standard InChI is InChI=1S/C18H16FNO2S/c1-11(2)20-17(18(21)22)16(12-7-9-13(19)10-8-12)14-5-3-4-6-15(14)23-20/h3-11H,1-2H3,(H,21,22). The van der Waals surface area contributed by atoms with Crippen molar-refractivity contribution in [3.63, 3.8) is 0 Å². The maximum absolute atomic E-state index is 13.3. The molecule has 0 atom stereocenters. The number of hydrogen-bond donors (Lipinski definition) is 1. The third kappa shape index (κ3) is 2.84. The Morgan fingerprint density at radius 3 is 2.39 bits per heavy atom. The molecular formula is C18H16FNO2S. The van der Waals surface area contributed by atoms with Crippen LogP contribution < -0.4 is 0 Å². The zero-order chi connectivity index (χ0) is 16.6. The number of fused-ring (bicyclic) bond motifs is 1. The van der Waals surface area contributed by atoms with Gasteiger partial charge in [-0.3, -0.25) is 0 Å². The molecule has 0 spiro atoms. The summed E-state index contributed by atoms with van der Waals surface area (Å²) in [5.74, 6) is -1.33. The third-order valence-corrected chi connectivity index (χ3v) is 4.97. The molecule has 0 fully saturated rings. The highest BCUT2D eigenvalue weighted by Gasteiger charge is 2.32. The Kier molecular flexibility index (Phi) is 4.13. The Hall–Kier alpha value is -2.27. The van der Waals surface area contributed by atoms with Crippen LogP contribution in [0, 0.1) is 5.82 Å². The molecule has 0 bridgehead atoms. The SMILES string of the molecule is CC(C)N1Sc2ccccc2C(c2ccc(F)cc2)=C1C(=O)O. The molecule has 5 heteroatoms. The van der Waals surface area contributed by atoms with E-state index in [2.05, 4.69) is 0 Å². The van der Waals surface area contributed by atoms with E-state index in [9.17, 15) is 14.3 Å². The minimum absolute atomic E-state index is 0.00917. The molecular weight excluding hydrogens is 313 g/mol. The summed E-state index contributed by atoms with van der Waals surface area (Å²) >= 11 is 1.42. The van der Waals surface area contributed by atoms with Crippen LogP contribution in [0.3, 0.4) is 0 Å². The molecule has 118 valence electrons. The molecule has 23 heavy (non-hydrogen) atoms. The molecule has 0 radical (unpaired) electrons. The van der Waals surface area contributed by atoms with Gasteiger partial charge in [0.15, 0.2) is 0 Å². The molecule has 0 saturated carbocycles. The number of hydrogen-bond acceptors (Lipinski definition) is 3. The monoisotopic (exact) mass is 329 g/mol. The predicted octanol–water partition coefficient (Wildman–Crippen LogP) is 4.40. The van der Waals surface area contributed by atoms with Crippen LogP contribution in [-0.2, 0) is 4.79 Å².